The molecule has 1 fully saturated rings. The van der Waals surface area contributed by atoms with Gasteiger partial charge in [-0.05, 0) is 62.7 Å². The Kier molecular flexibility index (Phi) is 7.16. The summed E-state index contributed by atoms with van der Waals surface area (Å²) in [6.45, 7) is 16.4. The van der Waals surface area contributed by atoms with Crippen molar-refractivity contribution in [3.8, 4) is 0 Å². The van der Waals surface area contributed by atoms with Gasteiger partial charge in [-0.25, -0.2) is 9.24 Å². The van der Waals surface area contributed by atoms with Crippen molar-refractivity contribution in [1.29, 1.82) is 0 Å². The molecule has 8 heteroatoms. The summed E-state index contributed by atoms with van der Waals surface area (Å²) in [5.41, 5.74) is 0.207. The van der Waals surface area contributed by atoms with Gasteiger partial charge in [0, 0.05) is 17.5 Å². The molecule has 0 saturated carbocycles. The molecule has 0 aromatic heterocycles. The van der Waals surface area contributed by atoms with Gasteiger partial charge in [-0.1, -0.05) is 50.6 Å². The van der Waals surface area contributed by atoms with Crippen LogP contribution in [0.2, 0.25) is 5.02 Å². The number of hydrogen-bond donors (Lipinski definition) is 0. The van der Waals surface area contributed by atoms with Crippen molar-refractivity contribution in [1.82, 2.24) is 0 Å². The number of aryl methyl sites for hydroxylation is 1. The van der Waals surface area contributed by atoms with E-state index >= 15 is 0 Å². The Hall–Kier alpha value is -2.82. The van der Waals surface area contributed by atoms with Crippen LogP contribution in [0.15, 0.2) is 36.4 Å². The Morgan fingerprint density at radius 3 is 2.38 bits per heavy atom. The van der Waals surface area contributed by atoms with Gasteiger partial charge in [-0.2, -0.15) is 0 Å². The fourth-order valence-electron chi connectivity index (χ4n) is 4.12. The van der Waals surface area contributed by atoms with Gasteiger partial charge in [0.15, 0.2) is 10.9 Å². The van der Waals surface area contributed by atoms with Gasteiger partial charge in [-0.3, -0.25) is 14.5 Å². The van der Waals surface area contributed by atoms with Crippen LogP contribution in [0.1, 0.15) is 53.0 Å². The zero-order valence-electron chi connectivity index (χ0n) is 19.9. The molecule has 34 heavy (non-hydrogen) atoms. The number of rotatable bonds is 7. The minimum Gasteiger partial charge on any atom is -0.304 e. The van der Waals surface area contributed by atoms with E-state index in [0.29, 0.717) is 12.1 Å². The standard InChI is InChI=1S/C26H27ClFN3O2S/c1-7-20(32)25(2,3)15-14-16-8-10-17(11-9-16)31-24(34)30(23(33)26(31,4)5)19-13-12-18(29-6)21(27)22(19)28/h8-13H,7,14-15H2,1-5H3. The monoisotopic (exact) mass is 499 g/mol. The summed E-state index contributed by atoms with van der Waals surface area (Å²) >= 11 is 11.6. The minimum atomic E-state index is -1.06. The van der Waals surface area contributed by atoms with Crippen molar-refractivity contribution in [3.63, 3.8) is 0 Å². The number of benzene rings is 2. The second kappa shape index (κ2) is 9.44. The molecule has 178 valence electrons. The molecule has 1 aliphatic heterocycles. The molecule has 2 aromatic rings. The van der Waals surface area contributed by atoms with Crippen LogP contribution >= 0.6 is 23.8 Å². The minimum absolute atomic E-state index is 0.0315. The molecule has 2 aromatic carbocycles. The number of carbonyl (C=O) groups excluding carboxylic acids is 2. The van der Waals surface area contributed by atoms with E-state index < -0.39 is 17.3 Å². The lowest BCUT2D eigenvalue weighted by atomic mass is 9.81. The molecular weight excluding hydrogens is 473 g/mol. The fraction of sp³-hybridized carbons (Fsp3) is 0.385. The number of thiocarbonyl (C=S) groups is 1. The fourth-order valence-corrected chi connectivity index (χ4v) is 4.83. The maximum absolute atomic E-state index is 15.0. The van der Waals surface area contributed by atoms with E-state index in [1.54, 1.807) is 18.7 Å². The third-order valence-electron chi connectivity index (χ3n) is 6.38. The van der Waals surface area contributed by atoms with Crippen LogP contribution in [-0.2, 0) is 16.0 Å². The van der Waals surface area contributed by atoms with Crippen molar-refractivity contribution in [3.05, 3.63) is 64.2 Å². The summed E-state index contributed by atoms with van der Waals surface area (Å²) in [5, 5.41) is -0.212. The molecule has 1 saturated heterocycles. The number of hydrogen-bond acceptors (Lipinski definition) is 3. The zero-order chi connectivity index (χ0) is 25.4. The van der Waals surface area contributed by atoms with Gasteiger partial charge in [-0.15, -0.1) is 0 Å². The lowest BCUT2D eigenvalue weighted by Crippen LogP contribution is -2.44. The quantitative estimate of drug-likeness (QED) is 0.307. The second-order valence-corrected chi connectivity index (χ2v) is 10.2. The predicted octanol–water partition coefficient (Wildman–Crippen LogP) is 6.88. The first-order chi connectivity index (χ1) is 15.9. The highest BCUT2D eigenvalue weighted by atomic mass is 35.5. The molecular formula is C26H27ClFN3O2S. The lowest BCUT2D eigenvalue weighted by Gasteiger charge is -2.29. The van der Waals surface area contributed by atoms with Crippen molar-refractivity contribution in [2.45, 2.75) is 59.4 Å². The second-order valence-electron chi connectivity index (χ2n) is 9.49. The molecule has 3 rings (SSSR count). The number of nitrogens with zero attached hydrogens (tertiary/aromatic N) is 3. The SMILES string of the molecule is [C-]#[N+]c1ccc(N2C(=O)C(C)(C)N(c3ccc(CCC(C)(C)C(=O)CC)cc3)C2=S)c(F)c1Cl. The first-order valence-electron chi connectivity index (χ1n) is 11.0. The van der Waals surface area contributed by atoms with Crippen molar-refractivity contribution in [2.75, 3.05) is 9.80 Å². The van der Waals surface area contributed by atoms with Crippen LogP contribution in [-0.4, -0.2) is 22.3 Å². The number of halogens is 2. The molecule has 0 N–H and O–H groups in total. The Morgan fingerprint density at radius 2 is 1.82 bits per heavy atom. The highest BCUT2D eigenvalue weighted by molar-refractivity contribution is 7.81. The average Bonchev–Trinajstić information content (AvgIpc) is 2.98. The Bertz CT molecular complexity index is 1200. The lowest BCUT2D eigenvalue weighted by molar-refractivity contribution is -0.127. The summed E-state index contributed by atoms with van der Waals surface area (Å²) in [7, 11) is 0. The Balaban J connectivity index is 1.89. The first-order valence-corrected chi connectivity index (χ1v) is 11.8. The van der Waals surface area contributed by atoms with E-state index in [2.05, 4.69) is 4.85 Å². The number of ketones is 1. The predicted molar refractivity (Wildman–Crippen MR) is 138 cm³/mol. The summed E-state index contributed by atoms with van der Waals surface area (Å²) in [5.74, 6) is -1.02. The van der Waals surface area contributed by atoms with Gasteiger partial charge in [0.2, 0.25) is 5.69 Å². The van der Waals surface area contributed by atoms with E-state index in [9.17, 15) is 14.0 Å². The van der Waals surface area contributed by atoms with Crippen LogP contribution in [0.5, 0.6) is 0 Å². The molecule has 1 aliphatic rings. The highest BCUT2D eigenvalue weighted by Gasteiger charge is 2.51. The van der Waals surface area contributed by atoms with Gasteiger partial charge in [0.25, 0.3) is 5.91 Å². The summed E-state index contributed by atoms with van der Waals surface area (Å²) < 4.78 is 15.0. The average molecular weight is 500 g/mol. The maximum atomic E-state index is 15.0. The largest absolute Gasteiger partial charge is 0.304 e. The molecule has 0 aliphatic carbocycles. The number of Topliss-reactive ketones (excluding diaryl/α,β-unsaturated/α-hetero) is 1. The smallest absolute Gasteiger partial charge is 0.259 e. The third-order valence-corrected chi connectivity index (χ3v) is 7.10. The number of amides is 1. The zero-order valence-corrected chi connectivity index (χ0v) is 21.5. The van der Waals surface area contributed by atoms with Gasteiger partial charge >= 0.3 is 0 Å². The third kappa shape index (κ3) is 4.45. The van der Waals surface area contributed by atoms with E-state index in [4.69, 9.17) is 30.4 Å². The highest BCUT2D eigenvalue weighted by Crippen LogP contribution is 2.40. The molecule has 0 atom stereocenters. The molecule has 1 amide bonds. The van der Waals surface area contributed by atoms with Gasteiger partial charge in [0.1, 0.15) is 11.3 Å². The van der Waals surface area contributed by atoms with Crippen molar-refractivity contribution in [2.24, 2.45) is 5.41 Å². The number of anilines is 2. The first kappa shape index (κ1) is 25.8. The molecule has 0 bridgehead atoms. The van der Waals surface area contributed by atoms with Crippen LogP contribution in [0.25, 0.3) is 4.85 Å². The molecule has 5 nitrogen and oxygen atoms in total. The summed E-state index contributed by atoms with van der Waals surface area (Å²) in [4.78, 5) is 31.5. The van der Waals surface area contributed by atoms with E-state index in [0.717, 1.165) is 23.3 Å². The normalized spacial score (nSPS) is 15.6. The van der Waals surface area contributed by atoms with Crippen molar-refractivity contribution < 1.29 is 14.0 Å². The summed E-state index contributed by atoms with van der Waals surface area (Å²) in [6, 6.07) is 10.4. The molecule has 0 spiro atoms. The molecule has 1 heterocycles. The van der Waals surface area contributed by atoms with Crippen LogP contribution in [0.3, 0.4) is 0 Å². The van der Waals surface area contributed by atoms with Gasteiger partial charge < -0.3 is 4.90 Å². The molecule has 0 unspecified atom stereocenters. The van der Waals surface area contributed by atoms with E-state index in [-0.39, 0.29) is 32.7 Å². The van der Waals surface area contributed by atoms with Crippen molar-refractivity contribution >= 4 is 57.7 Å². The van der Waals surface area contributed by atoms with E-state index in [1.165, 1.54) is 12.1 Å². The maximum Gasteiger partial charge on any atom is 0.259 e. The van der Waals surface area contributed by atoms with Crippen LogP contribution < -0.4 is 9.80 Å². The van der Waals surface area contributed by atoms with Gasteiger partial charge in [0.05, 0.1) is 17.3 Å². The topological polar surface area (TPSA) is 45.0 Å². The summed E-state index contributed by atoms with van der Waals surface area (Å²) in [6.07, 6.45) is 2.00. The number of carbonyl (C=O) groups is 2. The Labute approximate surface area is 210 Å². The van der Waals surface area contributed by atoms with E-state index in [1.807, 2.05) is 45.0 Å². The molecule has 0 radical (unpaired) electrons. The Morgan fingerprint density at radius 1 is 1.21 bits per heavy atom. The van der Waals surface area contributed by atoms with Crippen LogP contribution in [0, 0.1) is 17.8 Å². The van der Waals surface area contributed by atoms with Crippen LogP contribution in [0.4, 0.5) is 21.5 Å².